The van der Waals surface area contributed by atoms with E-state index in [1.807, 2.05) is 0 Å². The number of nitro benzene ring substituents is 1. The van der Waals surface area contributed by atoms with E-state index in [2.05, 4.69) is 0 Å². The predicted octanol–water partition coefficient (Wildman–Crippen LogP) is 1.30. The molecule has 1 fully saturated rings. The first-order valence-electron chi connectivity index (χ1n) is 6.72. The number of hydrogen-bond acceptors (Lipinski definition) is 5. The van der Waals surface area contributed by atoms with E-state index in [1.165, 1.54) is 16.4 Å². The van der Waals surface area contributed by atoms with Gasteiger partial charge in [0.2, 0.25) is 10.0 Å². The smallest absolute Gasteiger partial charge is 0.273 e. The zero-order valence-corrected chi connectivity index (χ0v) is 12.5. The number of nitrogens with zero attached hydrogens (tertiary/aromatic N) is 2. The second-order valence-corrected chi connectivity index (χ2v) is 7.20. The molecule has 1 aromatic rings. The molecular weight excluding hydrogens is 296 g/mol. The van der Waals surface area contributed by atoms with Crippen molar-refractivity contribution in [3.8, 4) is 0 Å². The van der Waals surface area contributed by atoms with Gasteiger partial charge in [-0.05, 0) is 31.7 Å². The van der Waals surface area contributed by atoms with E-state index in [4.69, 9.17) is 0 Å². The molecule has 1 unspecified atom stereocenters. The molecule has 8 heteroatoms. The van der Waals surface area contributed by atoms with Crippen LogP contribution in [0.1, 0.15) is 18.4 Å². The molecule has 1 heterocycles. The third-order valence-electron chi connectivity index (χ3n) is 3.75. The Hall–Kier alpha value is -1.51. The molecule has 0 bridgehead atoms. The van der Waals surface area contributed by atoms with Crippen molar-refractivity contribution in [3.63, 3.8) is 0 Å². The number of rotatable bonds is 4. The highest BCUT2D eigenvalue weighted by atomic mass is 32.2. The standard InChI is InChI=1S/C13H18N2O5S/c1-10-4-5-12(7-13(10)15(17)18)21(19,20)14-6-2-3-11(8-14)9-16/h4-5,7,11,16H,2-3,6,8-9H2,1H3. The Morgan fingerprint density at radius 3 is 2.81 bits per heavy atom. The monoisotopic (exact) mass is 314 g/mol. The normalized spacial score (nSPS) is 20.4. The molecule has 1 saturated heterocycles. The van der Waals surface area contributed by atoms with Crippen molar-refractivity contribution >= 4 is 15.7 Å². The number of benzene rings is 1. The zero-order valence-electron chi connectivity index (χ0n) is 11.7. The number of aryl methyl sites for hydroxylation is 1. The number of sulfonamides is 1. The van der Waals surface area contributed by atoms with Crippen molar-refractivity contribution in [2.45, 2.75) is 24.7 Å². The van der Waals surface area contributed by atoms with Crippen LogP contribution in [0.5, 0.6) is 0 Å². The van der Waals surface area contributed by atoms with Crippen LogP contribution in [0.25, 0.3) is 0 Å². The highest BCUT2D eigenvalue weighted by Crippen LogP contribution is 2.27. The van der Waals surface area contributed by atoms with Gasteiger partial charge in [-0.3, -0.25) is 10.1 Å². The van der Waals surface area contributed by atoms with Crippen molar-refractivity contribution in [3.05, 3.63) is 33.9 Å². The maximum Gasteiger partial charge on any atom is 0.273 e. The van der Waals surface area contributed by atoms with Gasteiger partial charge >= 0.3 is 0 Å². The average Bonchev–Trinajstić information content (AvgIpc) is 2.47. The average molecular weight is 314 g/mol. The minimum absolute atomic E-state index is 0.0555. The van der Waals surface area contributed by atoms with E-state index in [1.54, 1.807) is 6.92 Å². The third-order valence-corrected chi connectivity index (χ3v) is 5.62. The summed E-state index contributed by atoms with van der Waals surface area (Å²) in [7, 11) is -3.76. The summed E-state index contributed by atoms with van der Waals surface area (Å²) in [6, 6.07) is 3.94. The Labute approximate surface area is 123 Å². The Bertz CT molecular complexity index is 644. The minimum Gasteiger partial charge on any atom is -0.396 e. The third kappa shape index (κ3) is 3.22. The van der Waals surface area contributed by atoms with Crippen LogP contribution < -0.4 is 0 Å². The van der Waals surface area contributed by atoms with E-state index in [0.717, 1.165) is 12.5 Å². The fraction of sp³-hybridized carbons (Fsp3) is 0.538. The molecule has 2 rings (SSSR count). The van der Waals surface area contributed by atoms with Crippen LogP contribution in [0.3, 0.4) is 0 Å². The fourth-order valence-electron chi connectivity index (χ4n) is 2.49. The lowest BCUT2D eigenvalue weighted by atomic mass is 10.0. The van der Waals surface area contributed by atoms with Gasteiger partial charge in [-0.25, -0.2) is 8.42 Å². The van der Waals surface area contributed by atoms with Gasteiger partial charge in [0.05, 0.1) is 9.82 Å². The van der Waals surface area contributed by atoms with E-state index in [9.17, 15) is 23.6 Å². The highest BCUT2D eigenvalue weighted by Gasteiger charge is 2.31. The van der Waals surface area contributed by atoms with Crippen LogP contribution in [0.4, 0.5) is 5.69 Å². The second-order valence-electron chi connectivity index (χ2n) is 5.26. The van der Waals surface area contributed by atoms with Crippen molar-refractivity contribution in [2.24, 2.45) is 5.92 Å². The first-order chi connectivity index (χ1) is 9.86. The Balaban J connectivity index is 2.35. The van der Waals surface area contributed by atoms with Gasteiger partial charge in [0.1, 0.15) is 0 Å². The summed E-state index contributed by atoms with van der Waals surface area (Å²) >= 11 is 0. The lowest BCUT2D eigenvalue weighted by Crippen LogP contribution is -2.40. The fourth-order valence-corrected chi connectivity index (χ4v) is 4.06. The number of aliphatic hydroxyl groups is 1. The van der Waals surface area contributed by atoms with Crippen molar-refractivity contribution in [2.75, 3.05) is 19.7 Å². The molecule has 1 N–H and O–H groups in total. The Kier molecular flexibility index (Phi) is 4.60. The molecular formula is C13H18N2O5S. The van der Waals surface area contributed by atoms with Crippen LogP contribution >= 0.6 is 0 Å². The SMILES string of the molecule is Cc1ccc(S(=O)(=O)N2CCCC(CO)C2)cc1[N+](=O)[O-]. The summed E-state index contributed by atoms with van der Waals surface area (Å²) < 4.78 is 26.4. The maximum absolute atomic E-state index is 12.6. The summed E-state index contributed by atoms with van der Waals surface area (Å²) in [5.74, 6) is -0.0750. The first kappa shape index (κ1) is 15.9. The van der Waals surface area contributed by atoms with Gasteiger partial charge in [0.25, 0.3) is 5.69 Å². The highest BCUT2D eigenvalue weighted by molar-refractivity contribution is 7.89. The van der Waals surface area contributed by atoms with Crippen LogP contribution in [0, 0.1) is 23.0 Å². The number of aliphatic hydroxyl groups excluding tert-OH is 1. The Morgan fingerprint density at radius 1 is 1.48 bits per heavy atom. The van der Waals surface area contributed by atoms with Crippen LogP contribution in [0.2, 0.25) is 0 Å². The topological polar surface area (TPSA) is 101 Å². The molecule has 0 amide bonds. The lowest BCUT2D eigenvalue weighted by Gasteiger charge is -2.30. The first-order valence-corrected chi connectivity index (χ1v) is 8.16. The molecule has 1 atom stereocenters. The Morgan fingerprint density at radius 2 is 2.19 bits per heavy atom. The summed E-state index contributed by atoms with van der Waals surface area (Å²) in [6.45, 7) is 2.14. The molecule has 1 aromatic carbocycles. The van der Waals surface area contributed by atoms with E-state index in [-0.39, 0.29) is 29.7 Å². The van der Waals surface area contributed by atoms with Gasteiger partial charge in [-0.1, -0.05) is 6.07 Å². The maximum atomic E-state index is 12.6. The predicted molar refractivity (Wildman–Crippen MR) is 76.4 cm³/mol. The lowest BCUT2D eigenvalue weighted by molar-refractivity contribution is -0.385. The quantitative estimate of drug-likeness (QED) is 0.667. The number of hydrogen-bond donors (Lipinski definition) is 1. The molecule has 0 spiro atoms. The minimum atomic E-state index is -3.76. The number of nitro groups is 1. The van der Waals surface area contributed by atoms with Crippen LogP contribution in [0.15, 0.2) is 23.1 Å². The summed E-state index contributed by atoms with van der Waals surface area (Å²) in [5, 5.41) is 20.1. The van der Waals surface area contributed by atoms with Crippen molar-refractivity contribution < 1.29 is 18.4 Å². The molecule has 0 saturated carbocycles. The van der Waals surface area contributed by atoms with E-state index >= 15 is 0 Å². The second kappa shape index (κ2) is 6.08. The van der Waals surface area contributed by atoms with Gasteiger partial charge in [0, 0.05) is 31.3 Å². The summed E-state index contributed by atoms with van der Waals surface area (Å²) in [4.78, 5) is 10.3. The van der Waals surface area contributed by atoms with Gasteiger partial charge in [-0.2, -0.15) is 4.31 Å². The molecule has 7 nitrogen and oxygen atoms in total. The molecule has 116 valence electrons. The molecule has 21 heavy (non-hydrogen) atoms. The molecule has 0 aliphatic carbocycles. The van der Waals surface area contributed by atoms with Crippen LogP contribution in [-0.2, 0) is 10.0 Å². The van der Waals surface area contributed by atoms with Gasteiger partial charge in [-0.15, -0.1) is 0 Å². The van der Waals surface area contributed by atoms with E-state index < -0.39 is 14.9 Å². The molecule has 1 aliphatic rings. The number of piperidine rings is 1. The van der Waals surface area contributed by atoms with Crippen molar-refractivity contribution in [1.29, 1.82) is 0 Å². The van der Waals surface area contributed by atoms with Crippen molar-refractivity contribution in [1.82, 2.24) is 4.31 Å². The summed E-state index contributed by atoms with van der Waals surface area (Å²) in [5.41, 5.74) is 0.220. The molecule has 0 radical (unpaired) electrons. The molecule has 1 aliphatic heterocycles. The molecule has 0 aromatic heterocycles. The van der Waals surface area contributed by atoms with E-state index in [0.29, 0.717) is 18.5 Å². The largest absolute Gasteiger partial charge is 0.396 e. The zero-order chi connectivity index (χ0) is 15.6. The summed E-state index contributed by atoms with van der Waals surface area (Å²) in [6.07, 6.45) is 1.47. The van der Waals surface area contributed by atoms with Gasteiger partial charge < -0.3 is 5.11 Å². The van der Waals surface area contributed by atoms with Gasteiger partial charge in [0.15, 0.2) is 0 Å². The van der Waals surface area contributed by atoms with Crippen LogP contribution in [-0.4, -0.2) is 42.4 Å².